The first kappa shape index (κ1) is 15.8. The van der Waals surface area contributed by atoms with Gasteiger partial charge in [0.25, 0.3) is 0 Å². The minimum atomic E-state index is 0.257. The molecule has 0 aliphatic carbocycles. The van der Waals surface area contributed by atoms with Crippen molar-refractivity contribution in [2.24, 2.45) is 10.4 Å². The summed E-state index contributed by atoms with van der Waals surface area (Å²) in [6, 6.07) is 10.4. The molecule has 0 saturated heterocycles. The molecule has 0 aromatic heterocycles. The van der Waals surface area contributed by atoms with E-state index in [4.69, 9.17) is 0 Å². The van der Waals surface area contributed by atoms with Crippen LogP contribution in [0.2, 0.25) is 0 Å². The first-order chi connectivity index (χ1) is 10.4. The Bertz CT molecular complexity index is 496. The van der Waals surface area contributed by atoms with E-state index in [1.54, 1.807) is 0 Å². The number of nitrogens with zero attached hydrogens (tertiary/aromatic N) is 3. The molecule has 0 radical (unpaired) electrons. The van der Waals surface area contributed by atoms with Crippen LogP contribution in [-0.2, 0) is 0 Å². The Balaban J connectivity index is 1.82. The first-order valence-electron chi connectivity index (χ1n) is 7.42. The summed E-state index contributed by atoms with van der Waals surface area (Å²) in [5.41, 5.74) is 4.09. The van der Waals surface area contributed by atoms with Gasteiger partial charge in [-0.1, -0.05) is 0 Å². The molecular weight excluding hydrogens is 327 g/mol. The van der Waals surface area contributed by atoms with Gasteiger partial charge in [0.2, 0.25) is 0 Å². The molecule has 0 unspecified atom stereocenters. The quantitative estimate of drug-likeness (QED) is 0.571. The maximum atomic E-state index is 4.19. The van der Waals surface area contributed by atoms with Crippen LogP contribution in [0, 0.1) is 0 Å². The molecule has 1 aromatic rings. The van der Waals surface area contributed by atoms with E-state index in [0.29, 0.717) is 0 Å². The fourth-order valence-corrected chi connectivity index (χ4v) is 3.51. The number of benzene rings is 1. The van der Waals surface area contributed by atoms with Crippen LogP contribution in [-0.4, -0.2) is 26.5 Å². The summed E-state index contributed by atoms with van der Waals surface area (Å²) in [7, 11) is 0. The zero-order valence-electron chi connectivity index (χ0n) is 12.4. The summed E-state index contributed by atoms with van der Waals surface area (Å²) >= 11 is 0.257. The third kappa shape index (κ3) is 5.74. The molecule has 1 aliphatic heterocycles. The summed E-state index contributed by atoms with van der Waals surface area (Å²) in [5.74, 6) is 0. The molecule has 0 atom stereocenters. The van der Waals surface area contributed by atoms with Crippen molar-refractivity contribution in [1.29, 1.82) is 0 Å². The van der Waals surface area contributed by atoms with Crippen LogP contribution in [0.25, 0.3) is 6.08 Å². The molecule has 2 rings (SSSR count). The van der Waals surface area contributed by atoms with Gasteiger partial charge >= 0.3 is 133 Å². The van der Waals surface area contributed by atoms with Crippen LogP contribution in [0.15, 0.2) is 56.5 Å². The number of rotatable bonds is 8. The van der Waals surface area contributed by atoms with Gasteiger partial charge in [0.1, 0.15) is 0 Å². The molecule has 1 aliphatic rings. The van der Waals surface area contributed by atoms with Crippen molar-refractivity contribution < 1.29 is 0 Å². The van der Waals surface area contributed by atoms with Crippen molar-refractivity contribution in [1.82, 2.24) is 10.4 Å². The third-order valence-electron chi connectivity index (χ3n) is 3.13. The van der Waals surface area contributed by atoms with E-state index in [2.05, 4.69) is 58.1 Å². The Labute approximate surface area is 133 Å². The molecule has 0 spiro atoms. The average molecular weight is 349 g/mol. The molecule has 1 N–H and O–H groups in total. The van der Waals surface area contributed by atoms with Crippen molar-refractivity contribution in [2.45, 2.75) is 32.6 Å². The van der Waals surface area contributed by atoms with E-state index >= 15 is 0 Å². The number of hydrogen-bond acceptors (Lipinski definition) is 4. The fourth-order valence-electron chi connectivity index (χ4n) is 1.97. The molecule has 21 heavy (non-hydrogen) atoms. The normalized spacial score (nSPS) is 14.3. The predicted octanol–water partition coefficient (Wildman–Crippen LogP) is 3.93. The summed E-state index contributed by atoms with van der Waals surface area (Å²) in [6.07, 6.45) is 9.11. The Morgan fingerprint density at radius 3 is 2.86 bits per heavy atom. The zero-order chi connectivity index (χ0) is 14.8. The Hall–Kier alpha value is -1.58. The standard InChI is InChI=1S/C16H22N4Se/c1-2-3-4-8-12-20-16(14-17-18-19-20)21-13-11-15-9-6-5-7-10-15/h5-7,9-11,13-14H,2-4,8,12H2,1H3,(H,17,19). The molecule has 0 saturated carbocycles. The van der Waals surface area contributed by atoms with Gasteiger partial charge in [-0.05, 0) is 0 Å². The third-order valence-corrected chi connectivity index (χ3v) is 4.89. The van der Waals surface area contributed by atoms with Crippen LogP contribution in [0.3, 0.4) is 0 Å². The van der Waals surface area contributed by atoms with Crippen molar-refractivity contribution in [3.63, 3.8) is 0 Å². The monoisotopic (exact) mass is 350 g/mol. The maximum absolute atomic E-state index is 4.19. The van der Waals surface area contributed by atoms with Crippen LogP contribution >= 0.6 is 0 Å². The molecule has 4 nitrogen and oxygen atoms in total. The Morgan fingerprint density at radius 1 is 1.19 bits per heavy atom. The topological polar surface area (TPSA) is 40.0 Å². The molecule has 0 fully saturated rings. The molecule has 112 valence electrons. The van der Waals surface area contributed by atoms with Crippen LogP contribution < -0.4 is 5.43 Å². The summed E-state index contributed by atoms with van der Waals surface area (Å²) in [4.78, 5) is 2.23. The molecule has 1 aromatic carbocycles. The summed E-state index contributed by atoms with van der Waals surface area (Å²) in [5, 5.41) is 10.1. The van der Waals surface area contributed by atoms with Crippen molar-refractivity contribution in [3.05, 3.63) is 51.7 Å². The van der Waals surface area contributed by atoms with Gasteiger partial charge in [-0.3, -0.25) is 0 Å². The van der Waals surface area contributed by atoms with Crippen LogP contribution in [0.5, 0.6) is 0 Å². The van der Waals surface area contributed by atoms with Crippen molar-refractivity contribution in [2.75, 3.05) is 6.54 Å². The second-order valence-corrected chi connectivity index (χ2v) is 6.76. The number of unbranched alkanes of at least 4 members (excludes halogenated alkanes) is 3. The fraction of sp³-hybridized carbons (Fsp3) is 0.375. The van der Waals surface area contributed by atoms with Gasteiger partial charge in [-0.25, -0.2) is 0 Å². The van der Waals surface area contributed by atoms with Gasteiger partial charge in [0.05, 0.1) is 0 Å². The molecule has 0 bridgehead atoms. The number of nitrogens with one attached hydrogen (secondary N) is 1. The first-order valence-corrected chi connectivity index (χ1v) is 9.27. The minimum absolute atomic E-state index is 0.257. The SMILES string of the molecule is CCCCCCN1N=NNC=C1[Se]C=Cc1ccccc1. The second-order valence-electron chi connectivity index (χ2n) is 4.82. The van der Waals surface area contributed by atoms with E-state index in [-0.39, 0.29) is 15.0 Å². The number of hydrogen-bond donors (Lipinski definition) is 1. The van der Waals surface area contributed by atoms with Crippen LogP contribution in [0.1, 0.15) is 38.2 Å². The molecule has 5 heteroatoms. The van der Waals surface area contributed by atoms with Gasteiger partial charge in [0.15, 0.2) is 0 Å². The van der Waals surface area contributed by atoms with E-state index in [0.717, 1.165) is 6.54 Å². The van der Waals surface area contributed by atoms with Gasteiger partial charge in [-0.15, -0.1) is 0 Å². The Morgan fingerprint density at radius 2 is 2.05 bits per heavy atom. The average Bonchev–Trinajstić information content (AvgIpc) is 2.54. The predicted molar refractivity (Wildman–Crippen MR) is 88.2 cm³/mol. The van der Waals surface area contributed by atoms with E-state index in [1.165, 1.54) is 35.8 Å². The summed E-state index contributed by atoms with van der Waals surface area (Å²) < 4.78 is 1.22. The van der Waals surface area contributed by atoms with Crippen molar-refractivity contribution >= 4 is 21.0 Å². The van der Waals surface area contributed by atoms with E-state index in [9.17, 15) is 0 Å². The molecule has 1 heterocycles. The van der Waals surface area contributed by atoms with Gasteiger partial charge in [0, 0.05) is 0 Å². The zero-order valence-corrected chi connectivity index (χ0v) is 14.1. The van der Waals surface area contributed by atoms with Crippen LogP contribution in [0.4, 0.5) is 0 Å². The van der Waals surface area contributed by atoms with E-state index in [1.807, 2.05) is 17.3 Å². The molecular formula is C16H22N4Se. The van der Waals surface area contributed by atoms with Gasteiger partial charge < -0.3 is 0 Å². The summed E-state index contributed by atoms with van der Waals surface area (Å²) in [6.45, 7) is 3.19. The molecule has 0 amide bonds. The second kappa shape index (κ2) is 9.37. The van der Waals surface area contributed by atoms with Crippen molar-refractivity contribution in [3.8, 4) is 0 Å². The van der Waals surface area contributed by atoms with Gasteiger partial charge in [-0.2, -0.15) is 0 Å². The Kier molecular flexibility index (Phi) is 7.05. The van der Waals surface area contributed by atoms with E-state index < -0.39 is 0 Å².